The number of hydrogen-bond acceptors (Lipinski definition) is 2. The second kappa shape index (κ2) is 3.12. The molecule has 2 heteroatoms. The van der Waals surface area contributed by atoms with E-state index in [1.54, 1.807) is 0 Å². The summed E-state index contributed by atoms with van der Waals surface area (Å²) in [4.78, 5) is 11.3. The van der Waals surface area contributed by atoms with Crippen LogP contribution in [0.25, 0.3) is 0 Å². The van der Waals surface area contributed by atoms with Gasteiger partial charge >= 0.3 is 0 Å². The van der Waals surface area contributed by atoms with Crippen molar-refractivity contribution in [3.63, 3.8) is 0 Å². The van der Waals surface area contributed by atoms with Gasteiger partial charge < -0.3 is 4.74 Å². The quantitative estimate of drug-likeness (QED) is 0.716. The highest BCUT2D eigenvalue weighted by Gasteiger charge is 2.49. The van der Waals surface area contributed by atoms with E-state index in [1.165, 1.54) is 0 Å². The SMILES string of the molecule is CC1(C)C(=O)C[C@@H]1Oc1ccccc1. The van der Waals surface area contributed by atoms with Gasteiger partial charge in [0, 0.05) is 6.42 Å². The average Bonchev–Trinajstić information content (AvgIpc) is 2.19. The molecule has 0 spiro atoms. The van der Waals surface area contributed by atoms with Crippen LogP contribution in [0.1, 0.15) is 20.3 Å². The van der Waals surface area contributed by atoms with Crippen LogP contribution >= 0.6 is 0 Å². The fraction of sp³-hybridized carbons (Fsp3) is 0.417. The standard InChI is InChI=1S/C12H14O2/c1-12(2)10(13)8-11(12)14-9-6-4-3-5-7-9/h3-7,11H,8H2,1-2H3/t11-/m0/s1. The molecule has 1 saturated carbocycles. The maximum absolute atomic E-state index is 11.3. The highest BCUT2D eigenvalue weighted by molar-refractivity contribution is 5.91. The van der Waals surface area contributed by atoms with Gasteiger partial charge in [-0.1, -0.05) is 18.2 Å². The van der Waals surface area contributed by atoms with Crippen molar-refractivity contribution < 1.29 is 9.53 Å². The Morgan fingerprint density at radius 3 is 2.43 bits per heavy atom. The Morgan fingerprint density at radius 2 is 1.93 bits per heavy atom. The van der Waals surface area contributed by atoms with Crippen molar-refractivity contribution in [3.05, 3.63) is 30.3 Å². The van der Waals surface area contributed by atoms with Crippen LogP contribution in [0.4, 0.5) is 0 Å². The van der Waals surface area contributed by atoms with Gasteiger partial charge in [0.05, 0.1) is 5.41 Å². The van der Waals surface area contributed by atoms with Crippen molar-refractivity contribution in [2.75, 3.05) is 0 Å². The Bertz CT molecular complexity index is 341. The van der Waals surface area contributed by atoms with E-state index in [2.05, 4.69) is 0 Å². The molecule has 0 radical (unpaired) electrons. The Balaban J connectivity index is 2.04. The Labute approximate surface area is 83.9 Å². The minimum Gasteiger partial charge on any atom is -0.489 e. The maximum Gasteiger partial charge on any atom is 0.145 e. The van der Waals surface area contributed by atoms with Crippen LogP contribution in [-0.4, -0.2) is 11.9 Å². The van der Waals surface area contributed by atoms with E-state index < -0.39 is 0 Å². The summed E-state index contributed by atoms with van der Waals surface area (Å²) in [6.07, 6.45) is 0.583. The van der Waals surface area contributed by atoms with Crippen molar-refractivity contribution in [2.24, 2.45) is 5.41 Å². The first-order chi connectivity index (χ1) is 6.60. The molecule has 0 amide bonds. The van der Waals surface area contributed by atoms with Crippen LogP contribution in [0, 0.1) is 5.41 Å². The van der Waals surface area contributed by atoms with Gasteiger partial charge in [0.1, 0.15) is 17.6 Å². The summed E-state index contributed by atoms with van der Waals surface area (Å²) in [5, 5.41) is 0. The van der Waals surface area contributed by atoms with Crippen LogP contribution in [0.3, 0.4) is 0 Å². The lowest BCUT2D eigenvalue weighted by Gasteiger charge is -2.41. The summed E-state index contributed by atoms with van der Waals surface area (Å²) in [7, 11) is 0. The van der Waals surface area contributed by atoms with E-state index >= 15 is 0 Å². The van der Waals surface area contributed by atoms with Crippen molar-refractivity contribution >= 4 is 5.78 Å². The van der Waals surface area contributed by atoms with E-state index in [9.17, 15) is 4.79 Å². The molecule has 0 unspecified atom stereocenters. The molecule has 1 aromatic rings. The molecule has 0 N–H and O–H groups in total. The van der Waals surface area contributed by atoms with Crippen LogP contribution in [0.5, 0.6) is 5.75 Å². The zero-order valence-electron chi connectivity index (χ0n) is 8.49. The molecule has 1 aliphatic carbocycles. The Kier molecular flexibility index (Phi) is 2.06. The molecule has 2 rings (SSSR count). The fourth-order valence-electron chi connectivity index (χ4n) is 1.59. The third kappa shape index (κ3) is 1.41. The lowest BCUT2D eigenvalue weighted by molar-refractivity contribution is -0.148. The molecule has 0 heterocycles. The molecule has 1 aromatic carbocycles. The molecular formula is C12H14O2. The highest BCUT2D eigenvalue weighted by atomic mass is 16.5. The van der Waals surface area contributed by atoms with Gasteiger partial charge in [0.25, 0.3) is 0 Å². The monoisotopic (exact) mass is 190 g/mol. The first-order valence-electron chi connectivity index (χ1n) is 4.86. The second-order valence-electron chi connectivity index (χ2n) is 4.27. The van der Waals surface area contributed by atoms with E-state index in [4.69, 9.17) is 4.74 Å². The van der Waals surface area contributed by atoms with Crippen molar-refractivity contribution in [1.29, 1.82) is 0 Å². The zero-order chi connectivity index (χ0) is 10.2. The predicted octanol–water partition coefficient (Wildman–Crippen LogP) is 2.43. The van der Waals surface area contributed by atoms with E-state index in [1.807, 2.05) is 44.2 Å². The van der Waals surface area contributed by atoms with Gasteiger partial charge in [0.15, 0.2) is 0 Å². The second-order valence-corrected chi connectivity index (χ2v) is 4.27. The summed E-state index contributed by atoms with van der Waals surface area (Å²) >= 11 is 0. The summed E-state index contributed by atoms with van der Waals surface area (Å²) in [6.45, 7) is 3.87. The largest absolute Gasteiger partial charge is 0.489 e. The lowest BCUT2D eigenvalue weighted by Crippen LogP contribution is -2.52. The minimum atomic E-state index is -0.310. The van der Waals surface area contributed by atoms with Gasteiger partial charge in [-0.15, -0.1) is 0 Å². The fourth-order valence-corrected chi connectivity index (χ4v) is 1.59. The number of hydrogen-bond donors (Lipinski definition) is 0. The first kappa shape index (κ1) is 9.25. The normalized spacial score (nSPS) is 24.1. The Morgan fingerprint density at radius 1 is 1.29 bits per heavy atom. The summed E-state index contributed by atoms with van der Waals surface area (Å²) in [5.41, 5.74) is -0.310. The summed E-state index contributed by atoms with van der Waals surface area (Å²) in [6, 6.07) is 9.65. The van der Waals surface area contributed by atoms with Crippen LogP contribution in [0.15, 0.2) is 30.3 Å². The van der Waals surface area contributed by atoms with E-state index in [0.29, 0.717) is 12.2 Å². The number of rotatable bonds is 2. The third-order valence-electron chi connectivity index (χ3n) is 2.92. The maximum atomic E-state index is 11.3. The molecule has 0 aromatic heterocycles. The molecule has 1 atom stereocenters. The van der Waals surface area contributed by atoms with Gasteiger partial charge in [-0.2, -0.15) is 0 Å². The molecule has 1 aliphatic rings. The van der Waals surface area contributed by atoms with Crippen molar-refractivity contribution in [3.8, 4) is 5.75 Å². The third-order valence-corrected chi connectivity index (χ3v) is 2.92. The minimum absolute atomic E-state index is 0.0393. The number of para-hydroxylation sites is 1. The number of carbonyl (C=O) groups excluding carboxylic acids is 1. The van der Waals surface area contributed by atoms with Crippen LogP contribution in [0.2, 0.25) is 0 Å². The summed E-state index contributed by atoms with van der Waals surface area (Å²) < 4.78 is 5.72. The molecule has 0 aliphatic heterocycles. The van der Waals surface area contributed by atoms with E-state index in [-0.39, 0.29) is 11.5 Å². The highest BCUT2D eigenvalue weighted by Crippen LogP contribution is 2.39. The van der Waals surface area contributed by atoms with Gasteiger partial charge in [-0.05, 0) is 26.0 Å². The van der Waals surface area contributed by atoms with E-state index in [0.717, 1.165) is 5.75 Å². The molecule has 0 bridgehead atoms. The molecule has 74 valence electrons. The summed E-state index contributed by atoms with van der Waals surface area (Å²) in [5.74, 6) is 1.14. The Hall–Kier alpha value is -1.31. The molecular weight excluding hydrogens is 176 g/mol. The van der Waals surface area contributed by atoms with Gasteiger partial charge in [0.2, 0.25) is 0 Å². The van der Waals surface area contributed by atoms with Crippen LogP contribution < -0.4 is 4.74 Å². The first-order valence-corrected chi connectivity index (χ1v) is 4.86. The average molecular weight is 190 g/mol. The van der Waals surface area contributed by atoms with Crippen molar-refractivity contribution in [2.45, 2.75) is 26.4 Å². The predicted molar refractivity (Wildman–Crippen MR) is 54.3 cm³/mol. The number of benzene rings is 1. The molecule has 1 fully saturated rings. The molecule has 2 nitrogen and oxygen atoms in total. The van der Waals surface area contributed by atoms with Gasteiger partial charge in [-0.3, -0.25) is 4.79 Å². The molecule has 0 saturated heterocycles. The topological polar surface area (TPSA) is 26.3 Å². The van der Waals surface area contributed by atoms with Crippen molar-refractivity contribution in [1.82, 2.24) is 0 Å². The number of ether oxygens (including phenoxy) is 1. The van der Waals surface area contributed by atoms with Gasteiger partial charge in [-0.25, -0.2) is 0 Å². The number of Topliss-reactive ketones (excluding diaryl/α,β-unsaturated/α-hetero) is 1. The zero-order valence-corrected chi connectivity index (χ0v) is 8.49. The lowest BCUT2D eigenvalue weighted by atomic mass is 9.68. The smallest absolute Gasteiger partial charge is 0.145 e. The number of ketones is 1. The molecule has 14 heavy (non-hydrogen) atoms. The van der Waals surface area contributed by atoms with Crippen LogP contribution in [-0.2, 0) is 4.79 Å². The number of carbonyl (C=O) groups is 1.